The number of ether oxygens (including phenoxy) is 1. The van der Waals surface area contributed by atoms with E-state index in [0.29, 0.717) is 45.9 Å². The molecule has 1 atom stereocenters. The van der Waals surface area contributed by atoms with Gasteiger partial charge in [0.25, 0.3) is 0 Å². The lowest BCUT2D eigenvalue weighted by Crippen LogP contribution is -2.23. The van der Waals surface area contributed by atoms with E-state index < -0.39 is 12.7 Å². The molecular formula is C23H19F4N3O. The molecule has 0 saturated carbocycles. The van der Waals surface area contributed by atoms with Crippen LogP contribution in [0.15, 0.2) is 60.9 Å². The van der Waals surface area contributed by atoms with Crippen molar-refractivity contribution in [2.24, 2.45) is 0 Å². The molecule has 0 saturated heterocycles. The minimum atomic E-state index is -4.39. The molecule has 2 aromatic heterocycles. The second-order valence-corrected chi connectivity index (χ2v) is 7.19. The van der Waals surface area contributed by atoms with Crippen LogP contribution >= 0.6 is 0 Å². The topological polar surface area (TPSA) is 47.0 Å². The maximum atomic E-state index is 13.8. The van der Waals surface area contributed by atoms with Crippen molar-refractivity contribution >= 4 is 11.4 Å². The first-order chi connectivity index (χ1) is 14.8. The average Bonchev–Trinajstić information content (AvgIpc) is 2.76. The number of pyridine rings is 2. The van der Waals surface area contributed by atoms with Gasteiger partial charge in [0.2, 0.25) is 0 Å². The summed E-state index contributed by atoms with van der Waals surface area (Å²) in [6, 6.07) is 11.2. The quantitative estimate of drug-likeness (QED) is 0.538. The molecule has 0 aliphatic heterocycles. The van der Waals surface area contributed by atoms with Crippen molar-refractivity contribution < 1.29 is 22.3 Å². The first-order valence-electron chi connectivity index (χ1n) is 9.60. The van der Waals surface area contributed by atoms with Gasteiger partial charge in [-0.05, 0) is 48.4 Å². The number of anilines is 1. The van der Waals surface area contributed by atoms with Gasteiger partial charge in [-0.2, -0.15) is 13.2 Å². The average molecular weight is 429 g/mol. The molecule has 0 fully saturated rings. The van der Waals surface area contributed by atoms with Gasteiger partial charge in [-0.3, -0.25) is 4.98 Å². The molecule has 0 amide bonds. The monoisotopic (exact) mass is 429 g/mol. The van der Waals surface area contributed by atoms with Crippen molar-refractivity contribution in [3.8, 4) is 11.3 Å². The number of hydrogen-bond donors (Lipinski definition) is 1. The minimum absolute atomic E-state index is 0.268. The Balaban J connectivity index is 1.82. The SMILES string of the molecule is COC1=CC(c2cccc(F)c2)Cc2c(NCC(F)(F)F)cc(-c3cccnc3)nc21. The summed E-state index contributed by atoms with van der Waals surface area (Å²) in [5, 5.41) is 2.51. The van der Waals surface area contributed by atoms with Gasteiger partial charge in [-0.1, -0.05) is 12.1 Å². The number of nitrogens with zero attached hydrogens (tertiary/aromatic N) is 2. The molecule has 0 bridgehead atoms. The van der Waals surface area contributed by atoms with Crippen molar-refractivity contribution in [1.29, 1.82) is 0 Å². The summed E-state index contributed by atoms with van der Waals surface area (Å²) < 4.78 is 58.2. The van der Waals surface area contributed by atoms with Crippen LogP contribution in [0, 0.1) is 5.82 Å². The number of rotatable bonds is 5. The fourth-order valence-electron chi connectivity index (χ4n) is 3.65. The van der Waals surface area contributed by atoms with Crippen molar-refractivity contribution in [1.82, 2.24) is 9.97 Å². The molecule has 8 heteroatoms. The molecular weight excluding hydrogens is 410 g/mol. The smallest absolute Gasteiger partial charge is 0.405 e. The number of hydrogen-bond acceptors (Lipinski definition) is 4. The number of nitrogens with one attached hydrogen (secondary N) is 1. The normalized spacial score (nSPS) is 15.8. The van der Waals surface area contributed by atoms with E-state index in [4.69, 9.17) is 4.74 Å². The highest BCUT2D eigenvalue weighted by Crippen LogP contribution is 2.39. The third-order valence-electron chi connectivity index (χ3n) is 5.07. The Hall–Kier alpha value is -3.42. The maximum Gasteiger partial charge on any atom is 0.405 e. The summed E-state index contributed by atoms with van der Waals surface area (Å²) in [6.07, 6.45) is 0.990. The molecule has 0 radical (unpaired) electrons. The predicted molar refractivity (Wildman–Crippen MR) is 110 cm³/mol. The highest BCUT2D eigenvalue weighted by Gasteiger charge is 2.30. The lowest BCUT2D eigenvalue weighted by molar-refractivity contribution is -0.115. The number of alkyl halides is 3. The summed E-state index contributed by atoms with van der Waals surface area (Å²) in [6.45, 7) is -1.19. The van der Waals surface area contributed by atoms with E-state index >= 15 is 0 Å². The maximum absolute atomic E-state index is 13.8. The molecule has 1 aromatic carbocycles. The Kier molecular flexibility index (Phi) is 5.63. The largest absolute Gasteiger partial charge is 0.495 e. The van der Waals surface area contributed by atoms with Crippen molar-refractivity contribution in [2.75, 3.05) is 19.0 Å². The van der Waals surface area contributed by atoms with Gasteiger partial charge in [0, 0.05) is 35.1 Å². The Morgan fingerprint density at radius 2 is 2.00 bits per heavy atom. The minimum Gasteiger partial charge on any atom is -0.495 e. The summed E-state index contributed by atoms with van der Waals surface area (Å²) >= 11 is 0. The summed E-state index contributed by atoms with van der Waals surface area (Å²) in [5.41, 5.74) is 3.21. The molecule has 1 unspecified atom stereocenters. The Labute approximate surface area is 176 Å². The fourth-order valence-corrected chi connectivity index (χ4v) is 3.65. The van der Waals surface area contributed by atoms with Crippen LogP contribution in [0.5, 0.6) is 0 Å². The lowest BCUT2D eigenvalue weighted by Gasteiger charge is -2.26. The molecule has 1 aliphatic carbocycles. The molecule has 31 heavy (non-hydrogen) atoms. The zero-order chi connectivity index (χ0) is 22.0. The fraction of sp³-hybridized carbons (Fsp3) is 0.217. The Morgan fingerprint density at radius 1 is 1.16 bits per heavy atom. The Morgan fingerprint density at radius 3 is 2.68 bits per heavy atom. The van der Waals surface area contributed by atoms with Crippen LogP contribution in [-0.2, 0) is 11.2 Å². The van der Waals surface area contributed by atoms with E-state index in [2.05, 4.69) is 15.3 Å². The molecule has 1 aliphatic rings. The second kappa shape index (κ2) is 8.37. The van der Waals surface area contributed by atoms with Gasteiger partial charge in [0.05, 0.1) is 12.8 Å². The number of allylic oxidation sites excluding steroid dienone is 1. The summed E-state index contributed by atoms with van der Waals surface area (Å²) in [5.74, 6) is -0.219. The summed E-state index contributed by atoms with van der Waals surface area (Å²) in [4.78, 5) is 8.72. The highest BCUT2D eigenvalue weighted by atomic mass is 19.4. The van der Waals surface area contributed by atoms with Crippen molar-refractivity contribution in [3.63, 3.8) is 0 Å². The number of methoxy groups -OCH3 is 1. The molecule has 2 heterocycles. The van der Waals surface area contributed by atoms with Gasteiger partial charge in [0.15, 0.2) is 0 Å². The van der Waals surface area contributed by atoms with Gasteiger partial charge >= 0.3 is 6.18 Å². The molecule has 4 nitrogen and oxygen atoms in total. The molecule has 4 rings (SSSR count). The number of fused-ring (bicyclic) bond motifs is 1. The van der Waals surface area contributed by atoms with Crippen LogP contribution < -0.4 is 5.32 Å². The van der Waals surface area contributed by atoms with Gasteiger partial charge < -0.3 is 10.1 Å². The number of aromatic nitrogens is 2. The first-order valence-corrected chi connectivity index (χ1v) is 9.60. The zero-order valence-corrected chi connectivity index (χ0v) is 16.6. The van der Waals surface area contributed by atoms with E-state index in [0.717, 1.165) is 0 Å². The number of benzene rings is 1. The van der Waals surface area contributed by atoms with Crippen LogP contribution in [0.4, 0.5) is 23.2 Å². The lowest BCUT2D eigenvalue weighted by atomic mass is 9.85. The van der Waals surface area contributed by atoms with Gasteiger partial charge in [0.1, 0.15) is 23.8 Å². The molecule has 0 spiro atoms. The van der Waals surface area contributed by atoms with E-state index in [1.165, 1.54) is 19.2 Å². The van der Waals surface area contributed by atoms with Gasteiger partial charge in [-0.15, -0.1) is 0 Å². The Bertz CT molecular complexity index is 1110. The molecule has 160 valence electrons. The van der Waals surface area contributed by atoms with Crippen LogP contribution in [0.25, 0.3) is 17.0 Å². The second-order valence-electron chi connectivity index (χ2n) is 7.19. The van der Waals surface area contributed by atoms with Crippen LogP contribution in [0.3, 0.4) is 0 Å². The van der Waals surface area contributed by atoms with Crippen molar-refractivity contribution in [3.05, 3.63) is 83.6 Å². The van der Waals surface area contributed by atoms with Gasteiger partial charge in [-0.25, -0.2) is 9.37 Å². The van der Waals surface area contributed by atoms with Crippen molar-refractivity contribution in [2.45, 2.75) is 18.5 Å². The summed E-state index contributed by atoms with van der Waals surface area (Å²) in [7, 11) is 1.48. The number of halogens is 4. The van der Waals surface area contributed by atoms with E-state index in [1.807, 2.05) is 6.08 Å². The first kappa shape index (κ1) is 20.8. The predicted octanol–water partition coefficient (Wildman–Crippen LogP) is 5.58. The van der Waals surface area contributed by atoms with Crippen LogP contribution in [0.1, 0.15) is 22.7 Å². The zero-order valence-electron chi connectivity index (χ0n) is 16.6. The third-order valence-corrected chi connectivity index (χ3v) is 5.07. The molecule has 1 N–H and O–H groups in total. The van der Waals surface area contributed by atoms with E-state index in [1.54, 1.807) is 42.7 Å². The van der Waals surface area contributed by atoms with E-state index in [-0.39, 0.29) is 11.7 Å². The third kappa shape index (κ3) is 4.68. The highest BCUT2D eigenvalue weighted by molar-refractivity contribution is 5.75. The van der Waals surface area contributed by atoms with E-state index in [9.17, 15) is 17.6 Å². The standard InChI is InChI=1S/C23H19F4N3O/c1-31-21-10-16(14-4-2-6-17(24)8-14)9-18-20(29-13-23(25,26)27)11-19(30-22(18)21)15-5-3-7-28-12-15/h2-8,10-12,16H,9,13H2,1H3,(H,29,30). The van der Waals surface area contributed by atoms with Crippen LogP contribution in [0.2, 0.25) is 0 Å². The van der Waals surface area contributed by atoms with Crippen LogP contribution in [-0.4, -0.2) is 29.8 Å². The molecule has 3 aromatic rings.